The van der Waals surface area contributed by atoms with Gasteiger partial charge in [-0.2, -0.15) is 0 Å². The largest absolute Gasteiger partial charge is 0.490 e. The van der Waals surface area contributed by atoms with Crippen LogP contribution in [0.5, 0.6) is 5.75 Å². The van der Waals surface area contributed by atoms with Crippen LogP contribution in [0.15, 0.2) is 18.2 Å². The molecule has 2 saturated heterocycles. The second kappa shape index (κ2) is 11.9. The number of benzene rings is 1. The minimum Gasteiger partial charge on any atom is -0.490 e. The van der Waals surface area contributed by atoms with Crippen molar-refractivity contribution in [3.05, 3.63) is 23.8 Å². The molecule has 206 valence electrons. The summed E-state index contributed by atoms with van der Waals surface area (Å²) in [4.78, 5) is 15.3. The van der Waals surface area contributed by atoms with E-state index < -0.39 is 0 Å². The summed E-state index contributed by atoms with van der Waals surface area (Å²) in [6.45, 7) is 11.5. The molecule has 1 aromatic carbocycles. The number of hydrogen-bond acceptors (Lipinski definition) is 7. The number of carbonyl (C=O) groups excluding carboxylic acids is 1. The third-order valence-electron chi connectivity index (χ3n) is 8.72. The summed E-state index contributed by atoms with van der Waals surface area (Å²) in [7, 11) is 1.75. The molecule has 3 fully saturated rings. The molecule has 4 aliphatic rings. The molecule has 0 aromatic heterocycles. The summed E-state index contributed by atoms with van der Waals surface area (Å²) in [6, 6.07) is 6.74. The third kappa shape index (κ3) is 6.59. The lowest BCUT2D eigenvalue weighted by Crippen LogP contribution is -2.47. The van der Waals surface area contributed by atoms with Crippen molar-refractivity contribution in [3.63, 3.8) is 0 Å². The van der Waals surface area contributed by atoms with Crippen molar-refractivity contribution in [2.24, 2.45) is 23.2 Å². The highest BCUT2D eigenvalue weighted by atomic mass is 16.5. The number of ether oxygens (including phenoxy) is 4. The summed E-state index contributed by atoms with van der Waals surface area (Å²) in [5.74, 6) is 3.10. The van der Waals surface area contributed by atoms with E-state index in [1.807, 2.05) is 0 Å². The normalized spacial score (nSPS) is 28.8. The standard InChI is InChI=1S/C29H45N3O5/c1-29(2,28(33)31-16-23-24-18-35-19-25(23)24)14-21-6-7-22(15-30-21)37-17-20-5-8-27-26(13-20)32(10-12-36-27)9-4-11-34-3/h5,8,13,21-25,30H,4,6-7,9-12,14-19H2,1-3H3,(H,31,33)/t21-,22+,23?,24-,25+/m0/s1. The topological polar surface area (TPSA) is 81.3 Å². The van der Waals surface area contributed by atoms with Gasteiger partial charge in [0.15, 0.2) is 0 Å². The van der Waals surface area contributed by atoms with Crippen LogP contribution in [0.2, 0.25) is 0 Å². The van der Waals surface area contributed by atoms with Gasteiger partial charge in [-0.15, -0.1) is 0 Å². The smallest absolute Gasteiger partial charge is 0.225 e. The Morgan fingerprint density at radius 2 is 2.08 bits per heavy atom. The molecule has 1 unspecified atom stereocenters. The molecule has 8 nitrogen and oxygen atoms in total. The van der Waals surface area contributed by atoms with Gasteiger partial charge < -0.3 is 34.5 Å². The zero-order valence-electron chi connectivity index (χ0n) is 22.8. The minimum absolute atomic E-state index is 0.172. The summed E-state index contributed by atoms with van der Waals surface area (Å²) >= 11 is 0. The number of nitrogens with one attached hydrogen (secondary N) is 2. The Hall–Kier alpha value is -1.87. The molecule has 3 aliphatic heterocycles. The van der Waals surface area contributed by atoms with E-state index >= 15 is 0 Å². The Kier molecular flexibility index (Phi) is 8.59. The molecule has 1 amide bonds. The molecule has 8 heteroatoms. The van der Waals surface area contributed by atoms with Gasteiger partial charge in [-0.05, 0) is 61.1 Å². The number of rotatable bonds is 12. The van der Waals surface area contributed by atoms with Crippen molar-refractivity contribution in [3.8, 4) is 5.75 Å². The average Bonchev–Trinajstić information content (AvgIpc) is 3.32. The van der Waals surface area contributed by atoms with Crippen molar-refractivity contribution < 1.29 is 23.7 Å². The van der Waals surface area contributed by atoms with Gasteiger partial charge in [0, 0.05) is 44.8 Å². The number of fused-ring (bicyclic) bond motifs is 2. The lowest BCUT2D eigenvalue weighted by molar-refractivity contribution is -0.130. The van der Waals surface area contributed by atoms with E-state index in [0.29, 0.717) is 30.4 Å². The molecule has 5 atom stereocenters. The second-order valence-corrected chi connectivity index (χ2v) is 11.9. The van der Waals surface area contributed by atoms with Crippen LogP contribution in [0, 0.1) is 23.2 Å². The summed E-state index contributed by atoms with van der Waals surface area (Å²) in [5.41, 5.74) is 1.95. The van der Waals surface area contributed by atoms with Crippen LogP contribution >= 0.6 is 0 Å². The van der Waals surface area contributed by atoms with Crippen LogP contribution in [0.25, 0.3) is 0 Å². The maximum atomic E-state index is 12.9. The van der Waals surface area contributed by atoms with E-state index in [1.165, 1.54) is 5.56 Å². The number of methoxy groups -OCH3 is 1. The van der Waals surface area contributed by atoms with E-state index in [2.05, 4.69) is 47.6 Å². The first-order chi connectivity index (χ1) is 17.9. The fourth-order valence-electron chi connectivity index (χ4n) is 6.28. The molecular weight excluding hydrogens is 470 g/mol. The minimum atomic E-state index is -0.383. The van der Waals surface area contributed by atoms with Crippen LogP contribution in [0.1, 0.15) is 45.1 Å². The Bertz CT molecular complexity index is 907. The van der Waals surface area contributed by atoms with E-state index in [1.54, 1.807) is 7.11 Å². The van der Waals surface area contributed by atoms with Crippen LogP contribution < -0.4 is 20.3 Å². The first-order valence-corrected chi connectivity index (χ1v) is 14.2. The van der Waals surface area contributed by atoms with E-state index in [9.17, 15) is 4.79 Å². The lowest BCUT2D eigenvalue weighted by Gasteiger charge is -2.35. The highest BCUT2D eigenvalue weighted by Gasteiger charge is 2.53. The van der Waals surface area contributed by atoms with Crippen LogP contribution in [0.4, 0.5) is 5.69 Å². The molecule has 0 bridgehead atoms. The highest BCUT2D eigenvalue weighted by Crippen LogP contribution is 2.50. The molecule has 3 heterocycles. The van der Waals surface area contributed by atoms with Crippen molar-refractivity contribution in [1.82, 2.24) is 10.6 Å². The number of piperidine rings is 1. The van der Waals surface area contributed by atoms with Crippen LogP contribution in [-0.4, -0.2) is 77.8 Å². The molecule has 1 aliphatic carbocycles. The zero-order chi connectivity index (χ0) is 25.8. The predicted molar refractivity (Wildman–Crippen MR) is 143 cm³/mol. The van der Waals surface area contributed by atoms with Gasteiger partial charge in [0.2, 0.25) is 5.91 Å². The first kappa shape index (κ1) is 26.7. The number of hydrogen-bond donors (Lipinski definition) is 2. The lowest BCUT2D eigenvalue weighted by atomic mass is 9.82. The maximum Gasteiger partial charge on any atom is 0.225 e. The van der Waals surface area contributed by atoms with E-state index in [4.69, 9.17) is 18.9 Å². The Labute approximate surface area is 221 Å². The summed E-state index contributed by atoms with van der Waals surface area (Å²) in [6.07, 6.45) is 4.07. The third-order valence-corrected chi connectivity index (χ3v) is 8.72. The second-order valence-electron chi connectivity index (χ2n) is 11.9. The van der Waals surface area contributed by atoms with Crippen LogP contribution in [0.3, 0.4) is 0 Å². The molecule has 1 saturated carbocycles. The molecule has 0 spiro atoms. The monoisotopic (exact) mass is 515 g/mol. The van der Waals surface area contributed by atoms with Crippen molar-refractivity contribution >= 4 is 11.6 Å². The molecular formula is C29H45N3O5. The summed E-state index contributed by atoms with van der Waals surface area (Å²) < 4.78 is 22.9. The SMILES string of the molecule is COCCCN1CCOc2ccc(CO[C@@H]3CC[C@@H](CC(C)(C)C(=O)NCC4[C@H]5COC[C@@H]45)NC3)cc21. The fraction of sp³-hybridized carbons (Fsp3) is 0.759. The maximum absolute atomic E-state index is 12.9. The summed E-state index contributed by atoms with van der Waals surface area (Å²) in [5, 5.41) is 6.87. The van der Waals surface area contributed by atoms with Gasteiger partial charge >= 0.3 is 0 Å². The fourth-order valence-corrected chi connectivity index (χ4v) is 6.28. The van der Waals surface area contributed by atoms with Gasteiger partial charge in [-0.3, -0.25) is 4.79 Å². The Morgan fingerprint density at radius 1 is 1.24 bits per heavy atom. The van der Waals surface area contributed by atoms with Crippen LogP contribution in [-0.2, 0) is 25.6 Å². The number of amides is 1. The predicted octanol–water partition coefficient (Wildman–Crippen LogP) is 2.98. The van der Waals surface area contributed by atoms with Gasteiger partial charge in [0.25, 0.3) is 0 Å². The van der Waals surface area contributed by atoms with E-state index in [0.717, 1.165) is 89.7 Å². The molecule has 37 heavy (non-hydrogen) atoms. The van der Waals surface area contributed by atoms with Gasteiger partial charge in [-0.1, -0.05) is 19.9 Å². The van der Waals surface area contributed by atoms with Gasteiger partial charge in [0.05, 0.1) is 38.2 Å². The molecule has 0 radical (unpaired) electrons. The van der Waals surface area contributed by atoms with Crippen molar-refractivity contribution in [2.75, 3.05) is 64.6 Å². The van der Waals surface area contributed by atoms with Crippen molar-refractivity contribution in [2.45, 2.75) is 58.3 Å². The number of carbonyl (C=O) groups is 1. The average molecular weight is 516 g/mol. The first-order valence-electron chi connectivity index (χ1n) is 14.2. The van der Waals surface area contributed by atoms with E-state index in [-0.39, 0.29) is 17.4 Å². The van der Waals surface area contributed by atoms with Gasteiger partial charge in [-0.25, -0.2) is 0 Å². The Balaban J connectivity index is 1.03. The quantitative estimate of drug-likeness (QED) is 0.414. The molecule has 5 rings (SSSR count). The molecule has 2 N–H and O–H groups in total. The highest BCUT2D eigenvalue weighted by molar-refractivity contribution is 5.81. The number of nitrogens with zero attached hydrogens (tertiary/aromatic N) is 1. The van der Waals surface area contributed by atoms with Crippen molar-refractivity contribution in [1.29, 1.82) is 0 Å². The molecule has 1 aromatic rings. The number of anilines is 1. The Morgan fingerprint density at radius 3 is 2.84 bits per heavy atom. The van der Waals surface area contributed by atoms with Gasteiger partial charge in [0.1, 0.15) is 12.4 Å². The zero-order valence-corrected chi connectivity index (χ0v) is 22.8.